The van der Waals surface area contributed by atoms with Gasteiger partial charge in [-0.25, -0.2) is 4.79 Å². The van der Waals surface area contributed by atoms with E-state index in [-0.39, 0.29) is 5.78 Å². The maximum atomic E-state index is 11.1. The van der Waals surface area contributed by atoms with E-state index in [9.17, 15) is 14.4 Å². The fraction of sp³-hybridized carbons (Fsp3) is 0.625. The topological polar surface area (TPSA) is 71.4 Å². The summed E-state index contributed by atoms with van der Waals surface area (Å²) < 4.78 is 0. The molecule has 12 heavy (non-hydrogen) atoms. The summed E-state index contributed by atoms with van der Waals surface area (Å²) in [4.78, 5) is 32.2. The molecule has 1 aliphatic carbocycles. The van der Waals surface area contributed by atoms with Gasteiger partial charge in [0.1, 0.15) is 5.78 Å². The molecule has 0 aliphatic heterocycles. The highest BCUT2D eigenvalue weighted by Gasteiger charge is 2.32. The van der Waals surface area contributed by atoms with E-state index in [1.165, 1.54) is 0 Å². The van der Waals surface area contributed by atoms with Crippen molar-refractivity contribution in [2.45, 2.75) is 25.7 Å². The second kappa shape index (κ2) is 3.47. The summed E-state index contributed by atoms with van der Waals surface area (Å²) in [5.41, 5.74) is 0. The molecule has 1 rings (SSSR count). The lowest BCUT2D eigenvalue weighted by Gasteiger charge is -2.16. The summed E-state index contributed by atoms with van der Waals surface area (Å²) in [7, 11) is 0. The van der Waals surface area contributed by atoms with E-state index in [4.69, 9.17) is 5.11 Å². The minimum atomic E-state index is -1.49. The lowest BCUT2D eigenvalue weighted by molar-refractivity contribution is -0.153. The fourth-order valence-electron chi connectivity index (χ4n) is 1.41. The summed E-state index contributed by atoms with van der Waals surface area (Å²) in [6.07, 6.45) is 2.31. The van der Waals surface area contributed by atoms with Crippen molar-refractivity contribution in [2.75, 3.05) is 0 Å². The first-order chi connectivity index (χ1) is 5.63. The van der Waals surface area contributed by atoms with E-state index in [0.717, 1.165) is 12.8 Å². The highest BCUT2D eigenvalue weighted by atomic mass is 16.4. The monoisotopic (exact) mass is 170 g/mol. The smallest absolute Gasteiger partial charge is 0.372 e. The van der Waals surface area contributed by atoms with Crippen LogP contribution in [0, 0.1) is 5.92 Å². The Labute approximate surface area is 69.6 Å². The molecule has 1 unspecified atom stereocenters. The van der Waals surface area contributed by atoms with Crippen LogP contribution in [0.1, 0.15) is 25.7 Å². The fourth-order valence-corrected chi connectivity index (χ4v) is 1.41. The minimum Gasteiger partial charge on any atom is -0.475 e. The van der Waals surface area contributed by atoms with Gasteiger partial charge < -0.3 is 5.11 Å². The molecule has 0 aromatic rings. The Hall–Kier alpha value is -1.19. The molecular formula is C8H10O4. The molecule has 0 saturated heterocycles. The molecule has 0 amide bonds. The maximum absolute atomic E-state index is 11.1. The van der Waals surface area contributed by atoms with Crippen molar-refractivity contribution >= 4 is 17.5 Å². The lowest BCUT2D eigenvalue weighted by atomic mass is 9.85. The highest BCUT2D eigenvalue weighted by molar-refractivity contribution is 6.37. The van der Waals surface area contributed by atoms with Gasteiger partial charge in [-0.3, -0.25) is 9.59 Å². The first kappa shape index (κ1) is 8.90. The van der Waals surface area contributed by atoms with Gasteiger partial charge in [-0.1, -0.05) is 6.42 Å². The van der Waals surface area contributed by atoms with E-state index < -0.39 is 17.7 Å². The van der Waals surface area contributed by atoms with E-state index in [1.807, 2.05) is 0 Å². The molecule has 0 spiro atoms. The molecule has 1 N–H and O–H groups in total. The van der Waals surface area contributed by atoms with Gasteiger partial charge in [0.2, 0.25) is 5.78 Å². The number of aliphatic carboxylic acids is 1. The van der Waals surface area contributed by atoms with Gasteiger partial charge in [-0.05, 0) is 12.8 Å². The number of ketones is 2. The van der Waals surface area contributed by atoms with Gasteiger partial charge in [0, 0.05) is 6.42 Å². The first-order valence-electron chi connectivity index (χ1n) is 3.93. The van der Waals surface area contributed by atoms with Crippen molar-refractivity contribution in [2.24, 2.45) is 5.92 Å². The Kier molecular flexibility index (Phi) is 2.58. The van der Waals surface area contributed by atoms with Gasteiger partial charge in [0.25, 0.3) is 0 Å². The third-order valence-corrected chi connectivity index (χ3v) is 2.08. The maximum Gasteiger partial charge on any atom is 0.372 e. The molecule has 1 fully saturated rings. The van der Waals surface area contributed by atoms with E-state index in [1.54, 1.807) is 0 Å². The second-order valence-corrected chi connectivity index (χ2v) is 2.93. The highest BCUT2D eigenvalue weighted by Crippen LogP contribution is 2.21. The molecule has 0 radical (unpaired) electrons. The molecule has 0 aromatic carbocycles. The third kappa shape index (κ3) is 1.69. The molecule has 4 nitrogen and oxygen atoms in total. The van der Waals surface area contributed by atoms with Crippen LogP contribution in [0.2, 0.25) is 0 Å². The van der Waals surface area contributed by atoms with Crippen molar-refractivity contribution in [1.82, 2.24) is 0 Å². The van der Waals surface area contributed by atoms with Crippen LogP contribution in [0.15, 0.2) is 0 Å². The third-order valence-electron chi connectivity index (χ3n) is 2.08. The Morgan fingerprint density at radius 3 is 2.50 bits per heavy atom. The van der Waals surface area contributed by atoms with Crippen molar-refractivity contribution < 1.29 is 19.5 Å². The largest absolute Gasteiger partial charge is 0.475 e. The molecular weight excluding hydrogens is 160 g/mol. The molecule has 1 atom stereocenters. The van der Waals surface area contributed by atoms with Gasteiger partial charge in [0.15, 0.2) is 0 Å². The number of carbonyl (C=O) groups excluding carboxylic acids is 2. The van der Waals surface area contributed by atoms with Gasteiger partial charge in [0.05, 0.1) is 5.92 Å². The number of hydrogen-bond donors (Lipinski definition) is 1. The van der Waals surface area contributed by atoms with Crippen molar-refractivity contribution in [3.05, 3.63) is 0 Å². The quantitative estimate of drug-likeness (QED) is 0.481. The summed E-state index contributed by atoms with van der Waals surface area (Å²) in [6, 6.07) is 0. The predicted molar refractivity (Wildman–Crippen MR) is 39.6 cm³/mol. The molecule has 0 aromatic heterocycles. The summed E-state index contributed by atoms with van der Waals surface area (Å²) in [6.45, 7) is 0. The number of Topliss-reactive ketones (excluding diaryl/α,β-unsaturated/α-hetero) is 2. The zero-order chi connectivity index (χ0) is 9.14. The summed E-state index contributed by atoms with van der Waals surface area (Å²) in [5.74, 6) is -3.51. The molecule has 66 valence electrons. The Morgan fingerprint density at radius 2 is 2.00 bits per heavy atom. The van der Waals surface area contributed by atoms with Gasteiger partial charge in [-0.2, -0.15) is 0 Å². The standard InChI is InChI=1S/C8H10O4/c9-6-4-2-1-3-5(6)7(10)8(11)12/h5H,1-4H2,(H,11,12). The lowest BCUT2D eigenvalue weighted by Crippen LogP contribution is -2.32. The Morgan fingerprint density at radius 1 is 1.33 bits per heavy atom. The van der Waals surface area contributed by atoms with Crippen LogP contribution in [0.25, 0.3) is 0 Å². The molecule has 0 heterocycles. The Bertz CT molecular complexity index is 231. The second-order valence-electron chi connectivity index (χ2n) is 2.93. The zero-order valence-electron chi connectivity index (χ0n) is 6.58. The van der Waals surface area contributed by atoms with E-state index in [0.29, 0.717) is 12.8 Å². The van der Waals surface area contributed by atoms with Crippen molar-refractivity contribution in [3.63, 3.8) is 0 Å². The number of carbonyl (C=O) groups is 3. The van der Waals surface area contributed by atoms with Crippen molar-refractivity contribution in [3.8, 4) is 0 Å². The van der Waals surface area contributed by atoms with Gasteiger partial charge in [-0.15, -0.1) is 0 Å². The molecule has 0 bridgehead atoms. The van der Waals surface area contributed by atoms with Crippen LogP contribution < -0.4 is 0 Å². The SMILES string of the molecule is O=C(O)C(=O)C1CCCCC1=O. The number of carboxylic acids is 1. The van der Waals surface area contributed by atoms with E-state index in [2.05, 4.69) is 0 Å². The van der Waals surface area contributed by atoms with Crippen LogP contribution in [0.5, 0.6) is 0 Å². The molecule has 1 aliphatic rings. The van der Waals surface area contributed by atoms with Crippen LogP contribution in [-0.2, 0) is 14.4 Å². The number of hydrogen-bond acceptors (Lipinski definition) is 3. The summed E-state index contributed by atoms with van der Waals surface area (Å²) >= 11 is 0. The number of carboxylic acid groups (broad SMARTS) is 1. The van der Waals surface area contributed by atoms with Gasteiger partial charge >= 0.3 is 5.97 Å². The summed E-state index contributed by atoms with van der Waals surface area (Å²) in [5, 5.41) is 8.35. The van der Waals surface area contributed by atoms with Crippen LogP contribution in [0.4, 0.5) is 0 Å². The molecule has 1 saturated carbocycles. The first-order valence-corrected chi connectivity index (χ1v) is 3.93. The predicted octanol–water partition coefficient (Wildman–Crippen LogP) is 0.399. The van der Waals surface area contributed by atoms with Crippen LogP contribution in [-0.4, -0.2) is 22.6 Å². The van der Waals surface area contributed by atoms with Crippen LogP contribution in [0.3, 0.4) is 0 Å². The average Bonchev–Trinajstić information content (AvgIpc) is 2.04. The normalized spacial score (nSPS) is 23.7. The molecule has 4 heteroatoms. The van der Waals surface area contributed by atoms with E-state index >= 15 is 0 Å². The number of rotatable bonds is 2. The van der Waals surface area contributed by atoms with Crippen molar-refractivity contribution in [1.29, 1.82) is 0 Å². The zero-order valence-corrected chi connectivity index (χ0v) is 6.58. The minimum absolute atomic E-state index is 0.214. The van der Waals surface area contributed by atoms with Crippen LogP contribution >= 0.6 is 0 Å². The average molecular weight is 170 g/mol. The Balaban J connectivity index is 2.66.